The van der Waals surface area contributed by atoms with Crippen LogP contribution in [0, 0.1) is 29.1 Å². The van der Waals surface area contributed by atoms with E-state index in [0.717, 1.165) is 25.2 Å². The van der Waals surface area contributed by atoms with E-state index in [1.54, 1.807) is 0 Å². The van der Waals surface area contributed by atoms with Crippen molar-refractivity contribution in [2.24, 2.45) is 0 Å². The highest BCUT2D eigenvalue weighted by atomic mass is 32.2. The second-order valence-corrected chi connectivity index (χ2v) is 11.2. The monoisotopic (exact) mass is 582 g/mol. The Morgan fingerprint density at radius 1 is 0.692 bits per heavy atom. The summed E-state index contributed by atoms with van der Waals surface area (Å²) in [6, 6.07) is 29.9. The molecule has 0 aliphatic carbocycles. The Kier molecular flexibility index (Phi) is 10.5. The summed E-state index contributed by atoms with van der Waals surface area (Å²) in [6.45, 7) is 2.96. The van der Waals surface area contributed by atoms with Crippen LogP contribution in [0.5, 0.6) is 5.75 Å². The lowest BCUT2D eigenvalue weighted by molar-refractivity contribution is 0.302. The Labute approximate surface area is 226 Å². The van der Waals surface area contributed by atoms with Crippen molar-refractivity contribution in [3.8, 4) is 5.75 Å². The zero-order valence-electron chi connectivity index (χ0n) is 20.5. The highest BCUT2D eigenvalue weighted by Crippen LogP contribution is 2.36. The molecule has 0 amide bonds. The van der Waals surface area contributed by atoms with Crippen molar-refractivity contribution in [1.82, 2.24) is 0 Å². The van der Waals surface area contributed by atoms with Gasteiger partial charge in [-0.15, -0.1) is 0 Å². The average molecular weight is 583 g/mol. The van der Waals surface area contributed by atoms with E-state index in [4.69, 9.17) is 4.74 Å². The van der Waals surface area contributed by atoms with Crippen LogP contribution in [0.2, 0.25) is 0 Å². The van der Waals surface area contributed by atoms with Crippen molar-refractivity contribution in [1.29, 1.82) is 0 Å². The maximum atomic E-state index is 12.6. The SMILES string of the molecule is CCCCOc1ccccc1[S+](c1ccccc1)c1ccccc1.O=S(=O)([O-])c1c(F)c(F)c(F)c(F)c1F. The molecule has 0 heterocycles. The van der Waals surface area contributed by atoms with Crippen molar-refractivity contribution >= 4 is 21.0 Å². The zero-order chi connectivity index (χ0) is 28.6. The lowest BCUT2D eigenvalue weighted by Gasteiger charge is -2.12. The van der Waals surface area contributed by atoms with Gasteiger partial charge in [-0.1, -0.05) is 61.9 Å². The molecule has 0 aliphatic rings. The Balaban J connectivity index is 0.000000242. The molecule has 4 aromatic rings. The standard InChI is InChI=1S/C22H23OS.C6HF5O3S/c1-2-3-18-23-21-16-10-11-17-22(21)24(19-12-6-4-7-13-19)20-14-8-5-9-15-20;7-1-2(8)4(10)6(15(12,13)14)5(11)3(1)9/h4-17H,2-3,18H2,1H3;(H,12,13,14)/q+1;/p-1. The average Bonchev–Trinajstić information content (AvgIpc) is 2.93. The van der Waals surface area contributed by atoms with Crippen LogP contribution in [0.15, 0.2) is 105 Å². The number of benzene rings is 4. The van der Waals surface area contributed by atoms with Crippen LogP contribution in [0.3, 0.4) is 0 Å². The maximum Gasteiger partial charge on any atom is 0.208 e. The molecule has 0 N–H and O–H groups in total. The largest absolute Gasteiger partial charge is 0.744 e. The van der Waals surface area contributed by atoms with Gasteiger partial charge >= 0.3 is 0 Å². The first-order valence-electron chi connectivity index (χ1n) is 11.6. The van der Waals surface area contributed by atoms with Crippen LogP contribution >= 0.6 is 0 Å². The van der Waals surface area contributed by atoms with Crippen molar-refractivity contribution in [3.63, 3.8) is 0 Å². The van der Waals surface area contributed by atoms with Gasteiger partial charge in [-0.2, -0.15) is 0 Å². The first kappa shape index (κ1) is 30.1. The summed E-state index contributed by atoms with van der Waals surface area (Å²) in [7, 11) is -5.93. The van der Waals surface area contributed by atoms with Crippen LogP contribution in [0.1, 0.15) is 19.8 Å². The summed E-state index contributed by atoms with van der Waals surface area (Å²) in [6.07, 6.45) is 2.23. The Hall–Kier alpha value is -3.41. The fourth-order valence-electron chi connectivity index (χ4n) is 3.37. The van der Waals surface area contributed by atoms with E-state index in [1.165, 1.54) is 14.7 Å². The normalized spacial score (nSPS) is 11.2. The Morgan fingerprint density at radius 3 is 1.59 bits per heavy atom. The van der Waals surface area contributed by atoms with Crippen molar-refractivity contribution in [3.05, 3.63) is 114 Å². The Bertz CT molecular complexity index is 1430. The maximum absolute atomic E-state index is 12.6. The highest BCUT2D eigenvalue weighted by Gasteiger charge is 2.32. The second kappa shape index (κ2) is 13.6. The van der Waals surface area contributed by atoms with E-state index in [0.29, 0.717) is 0 Å². The summed E-state index contributed by atoms with van der Waals surface area (Å²) < 4.78 is 99.0. The predicted molar refractivity (Wildman–Crippen MR) is 136 cm³/mol. The summed E-state index contributed by atoms with van der Waals surface area (Å²) in [5, 5.41) is 0. The van der Waals surface area contributed by atoms with Crippen LogP contribution in [0.25, 0.3) is 0 Å². The number of hydrogen-bond donors (Lipinski definition) is 0. The molecule has 4 nitrogen and oxygen atoms in total. The third-order valence-electron chi connectivity index (χ3n) is 5.20. The summed E-state index contributed by atoms with van der Waals surface area (Å²) in [4.78, 5) is 1.51. The molecule has 0 saturated carbocycles. The minimum Gasteiger partial charge on any atom is -0.744 e. The fraction of sp³-hybridized carbons (Fsp3) is 0.143. The number of halogens is 5. The smallest absolute Gasteiger partial charge is 0.208 e. The third-order valence-corrected chi connectivity index (χ3v) is 8.32. The van der Waals surface area contributed by atoms with Crippen molar-refractivity contribution in [2.45, 2.75) is 39.3 Å². The van der Waals surface area contributed by atoms with Crippen molar-refractivity contribution in [2.75, 3.05) is 6.61 Å². The van der Waals surface area contributed by atoms with Gasteiger partial charge in [-0.3, -0.25) is 0 Å². The van der Waals surface area contributed by atoms with Gasteiger partial charge in [0.15, 0.2) is 38.8 Å². The first-order chi connectivity index (χ1) is 18.6. The topological polar surface area (TPSA) is 66.4 Å². The number of ether oxygens (including phenoxy) is 1. The van der Waals surface area contributed by atoms with Gasteiger partial charge in [-0.05, 0) is 42.8 Å². The molecule has 4 rings (SSSR count). The minimum atomic E-state index is -5.77. The fourth-order valence-corrected chi connectivity index (χ4v) is 6.17. The molecule has 206 valence electrons. The summed E-state index contributed by atoms with van der Waals surface area (Å²) in [5.74, 6) is -11.8. The molecule has 0 spiro atoms. The molecule has 0 unspecified atom stereocenters. The minimum absolute atomic E-state index is 0.157. The van der Waals surface area contributed by atoms with Gasteiger partial charge in [0.25, 0.3) is 0 Å². The number of hydrogen-bond acceptors (Lipinski definition) is 4. The summed E-state index contributed by atoms with van der Waals surface area (Å²) >= 11 is 0. The number of unbranched alkanes of at least 4 members (excludes halogenated alkanes) is 1. The van der Waals surface area contributed by atoms with Crippen LogP contribution in [-0.4, -0.2) is 19.6 Å². The zero-order valence-corrected chi connectivity index (χ0v) is 22.2. The van der Waals surface area contributed by atoms with Gasteiger partial charge in [0, 0.05) is 0 Å². The molecule has 0 aromatic heterocycles. The molecular weight excluding hydrogens is 559 g/mol. The van der Waals surface area contributed by atoms with Crippen molar-refractivity contribution < 1.29 is 39.7 Å². The van der Waals surface area contributed by atoms with E-state index in [1.807, 2.05) is 0 Å². The van der Waals surface area contributed by atoms with Crippen LogP contribution in [-0.2, 0) is 21.0 Å². The van der Waals surface area contributed by atoms with Gasteiger partial charge in [0.05, 0.1) is 6.61 Å². The van der Waals surface area contributed by atoms with E-state index < -0.39 is 44.1 Å². The van der Waals surface area contributed by atoms with Crippen LogP contribution in [0.4, 0.5) is 22.0 Å². The summed E-state index contributed by atoms with van der Waals surface area (Å²) in [5.41, 5.74) is 0. The third kappa shape index (κ3) is 7.37. The van der Waals surface area contributed by atoms with E-state index in [-0.39, 0.29) is 10.9 Å². The second-order valence-electron chi connectivity index (χ2n) is 7.93. The molecule has 0 bridgehead atoms. The molecule has 39 heavy (non-hydrogen) atoms. The lowest BCUT2D eigenvalue weighted by atomic mass is 10.3. The van der Waals surface area contributed by atoms with E-state index >= 15 is 0 Å². The quantitative estimate of drug-likeness (QED) is 0.0548. The molecule has 0 saturated heterocycles. The lowest BCUT2D eigenvalue weighted by Crippen LogP contribution is -2.12. The van der Waals surface area contributed by atoms with Gasteiger partial charge in [0.2, 0.25) is 10.7 Å². The van der Waals surface area contributed by atoms with E-state index in [9.17, 15) is 34.9 Å². The van der Waals surface area contributed by atoms with Gasteiger partial charge in [-0.25, -0.2) is 30.4 Å². The molecule has 0 fully saturated rings. The Morgan fingerprint density at radius 2 is 1.13 bits per heavy atom. The molecule has 0 atom stereocenters. The molecule has 0 aliphatic heterocycles. The molecule has 11 heteroatoms. The molecule has 4 aromatic carbocycles. The highest BCUT2D eigenvalue weighted by molar-refractivity contribution is 7.97. The number of para-hydroxylation sites is 1. The molecular formula is C28H23F5O4S2. The molecule has 0 radical (unpaired) electrons. The van der Waals surface area contributed by atoms with E-state index in [2.05, 4.69) is 91.9 Å². The number of rotatable bonds is 8. The van der Waals surface area contributed by atoms with Crippen LogP contribution < -0.4 is 4.74 Å². The predicted octanol–water partition coefficient (Wildman–Crippen LogP) is 7.25. The van der Waals surface area contributed by atoms with Gasteiger partial charge < -0.3 is 9.29 Å². The first-order valence-corrected chi connectivity index (χ1v) is 14.2. The van der Waals surface area contributed by atoms with Gasteiger partial charge in [0.1, 0.15) is 25.9 Å².